The summed E-state index contributed by atoms with van der Waals surface area (Å²) in [6, 6.07) is 6.46. The number of aliphatic hydroxyl groups excluding tert-OH is 1. The first-order chi connectivity index (χ1) is 15.3. The van der Waals surface area contributed by atoms with Crippen molar-refractivity contribution in [2.45, 2.75) is 31.3 Å². The van der Waals surface area contributed by atoms with Crippen molar-refractivity contribution in [3.63, 3.8) is 0 Å². The first kappa shape index (κ1) is 23.8. The Morgan fingerprint density at radius 2 is 1.97 bits per heavy atom. The summed E-state index contributed by atoms with van der Waals surface area (Å²) in [7, 11) is -3.55. The molecule has 0 bridgehead atoms. The van der Waals surface area contributed by atoms with Crippen LogP contribution in [0.3, 0.4) is 0 Å². The van der Waals surface area contributed by atoms with Gasteiger partial charge in [-0.25, -0.2) is 13.8 Å². The van der Waals surface area contributed by atoms with Gasteiger partial charge in [0, 0.05) is 36.8 Å². The number of aryl methyl sites for hydroxylation is 2. The van der Waals surface area contributed by atoms with Gasteiger partial charge in [0.2, 0.25) is 15.9 Å². The molecule has 2 aromatic rings. The van der Waals surface area contributed by atoms with Crippen molar-refractivity contribution in [2.24, 2.45) is 5.10 Å². The lowest BCUT2D eigenvalue weighted by molar-refractivity contribution is -0.121. The molecule has 0 unspecified atom stereocenters. The van der Waals surface area contributed by atoms with Crippen LogP contribution in [0.4, 0.5) is 0 Å². The second-order valence-corrected chi connectivity index (χ2v) is 9.18. The Labute approximate surface area is 186 Å². The molecule has 1 saturated heterocycles. The second kappa shape index (κ2) is 10.6. The fourth-order valence-electron chi connectivity index (χ4n) is 3.17. The third kappa shape index (κ3) is 5.68. The van der Waals surface area contributed by atoms with Crippen molar-refractivity contribution < 1.29 is 28.2 Å². The molecule has 172 valence electrons. The van der Waals surface area contributed by atoms with E-state index in [4.69, 9.17) is 4.74 Å². The molecule has 11 heteroatoms. The molecule has 3 rings (SSSR count). The van der Waals surface area contributed by atoms with Crippen LogP contribution >= 0.6 is 0 Å². The van der Waals surface area contributed by atoms with Gasteiger partial charge < -0.3 is 14.9 Å². The summed E-state index contributed by atoms with van der Waals surface area (Å²) < 4.78 is 31.9. The third-order valence-electron chi connectivity index (χ3n) is 5.08. The van der Waals surface area contributed by atoms with Crippen molar-refractivity contribution in [2.75, 3.05) is 26.3 Å². The van der Waals surface area contributed by atoms with E-state index in [1.807, 2.05) is 0 Å². The highest BCUT2D eigenvalue weighted by Crippen LogP contribution is 2.22. The highest BCUT2D eigenvalue weighted by Gasteiger charge is 2.26. The van der Waals surface area contributed by atoms with Crippen molar-refractivity contribution in [3.05, 3.63) is 52.8 Å². The number of nitrogens with one attached hydrogen (secondary N) is 1. The van der Waals surface area contributed by atoms with Gasteiger partial charge in [-0.15, -0.1) is 0 Å². The zero-order valence-corrected chi connectivity index (χ0v) is 18.5. The van der Waals surface area contributed by atoms with E-state index in [2.05, 4.69) is 15.5 Å². The van der Waals surface area contributed by atoms with Crippen LogP contribution in [0.25, 0.3) is 0 Å². The molecular formula is C21H26N4O6S. The first-order valence-corrected chi connectivity index (χ1v) is 11.5. The van der Waals surface area contributed by atoms with Crippen molar-refractivity contribution in [3.8, 4) is 5.75 Å². The summed E-state index contributed by atoms with van der Waals surface area (Å²) in [4.78, 5) is 16.3. The Bertz CT molecular complexity index is 1080. The molecule has 3 N–H and O–H groups in total. The lowest BCUT2D eigenvalue weighted by Crippen LogP contribution is -2.40. The Morgan fingerprint density at radius 3 is 2.62 bits per heavy atom. The number of carbonyl (C=O) groups is 1. The number of aromatic hydroxyl groups is 1. The molecule has 32 heavy (non-hydrogen) atoms. The van der Waals surface area contributed by atoms with E-state index in [0.29, 0.717) is 44.0 Å². The Morgan fingerprint density at radius 1 is 1.28 bits per heavy atom. The van der Waals surface area contributed by atoms with Crippen LogP contribution < -0.4 is 5.43 Å². The smallest absolute Gasteiger partial charge is 0.243 e. The lowest BCUT2D eigenvalue weighted by atomic mass is 10.1. The van der Waals surface area contributed by atoms with E-state index >= 15 is 0 Å². The van der Waals surface area contributed by atoms with E-state index in [1.165, 1.54) is 16.7 Å². The summed E-state index contributed by atoms with van der Waals surface area (Å²) in [6.07, 6.45) is 3.24. The molecule has 1 aliphatic rings. The van der Waals surface area contributed by atoms with E-state index < -0.39 is 10.0 Å². The number of ether oxygens (including phenoxy) is 1. The number of aromatic nitrogens is 1. The number of nitrogens with zero attached hydrogens (tertiary/aromatic N) is 3. The average Bonchev–Trinajstić information content (AvgIpc) is 2.81. The third-order valence-corrected chi connectivity index (χ3v) is 7.00. The molecule has 0 saturated carbocycles. The minimum Gasteiger partial charge on any atom is -0.505 e. The fraction of sp³-hybridized carbons (Fsp3) is 0.381. The number of aliphatic hydroxyl groups is 1. The standard InChI is InChI=1S/C21H26N4O6S/c1-15-21(28)19(17(14-26)12-22-15)13-23-24-20(27)7-4-16-2-5-18(6-3-16)32(29,30)25-8-10-31-11-9-25/h2-3,5-6,12-13,26,28H,4,7-11,14H2,1H3,(H,24,27). The van der Waals surface area contributed by atoms with Crippen molar-refractivity contribution in [1.29, 1.82) is 0 Å². The molecular weight excluding hydrogens is 436 g/mol. The van der Waals surface area contributed by atoms with E-state index in [1.54, 1.807) is 31.2 Å². The molecule has 0 aliphatic carbocycles. The number of carbonyl (C=O) groups excluding carboxylic acids is 1. The zero-order valence-electron chi connectivity index (χ0n) is 17.7. The number of sulfonamides is 1. The number of hydrogen-bond donors (Lipinski definition) is 3. The molecule has 10 nitrogen and oxygen atoms in total. The zero-order chi connectivity index (χ0) is 23.1. The van der Waals surface area contributed by atoms with E-state index in [-0.39, 0.29) is 35.1 Å². The topological polar surface area (TPSA) is 141 Å². The van der Waals surface area contributed by atoms with Gasteiger partial charge in [-0.3, -0.25) is 9.78 Å². The molecule has 0 spiro atoms. The average molecular weight is 463 g/mol. The molecule has 1 aromatic carbocycles. The van der Waals surface area contributed by atoms with Crippen molar-refractivity contribution >= 4 is 22.1 Å². The number of benzene rings is 1. The maximum atomic E-state index is 12.6. The summed E-state index contributed by atoms with van der Waals surface area (Å²) in [5, 5.41) is 23.3. The van der Waals surface area contributed by atoms with Crippen LogP contribution in [0, 0.1) is 6.92 Å². The van der Waals surface area contributed by atoms with E-state index in [0.717, 1.165) is 5.56 Å². The Balaban J connectivity index is 1.54. The van der Waals surface area contributed by atoms with Gasteiger partial charge in [-0.05, 0) is 31.0 Å². The number of rotatable bonds is 8. The SMILES string of the molecule is Cc1ncc(CO)c(C=NNC(=O)CCc2ccc(S(=O)(=O)N3CCOCC3)cc2)c1O. The highest BCUT2D eigenvalue weighted by molar-refractivity contribution is 7.89. The van der Waals surface area contributed by atoms with Gasteiger partial charge in [-0.2, -0.15) is 9.41 Å². The molecule has 2 heterocycles. The quantitative estimate of drug-likeness (QED) is 0.387. The molecule has 0 atom stereocenters. The van der Waals surface area contributed by atoms with Crippen LogP contribution in [-0.4, -0.2) is 66.3 Å². The molecule has 1 amide bonds. The van der Waals surface area contributed by atoms with Gasteiger partial charge in [0.05, 0.1) is 36.6 Å². The number of morpholine rings is 1. The minimum atomic E-state index is -3.55. The molecule has 1 aromatic heterocycles. The summed E-state index contributed by atoms with van der Waals surface area (Å²) in [5.74, 6) is -0.455. The van der Waals surface area contributed by atoms with Crippen molar-refractivity contribution in [1.82, 2.24) is 14.7 Å². The Hall–Kier alpha value is -2.86. The predicted octanol–water partition coefficient (Wildman–Crippen LogP) is 0.692. The van der Waals surface area contributed by atoms with Crippen LogP contribution in [-0.2, 0) is 32.6 Å². The number of hydrazone groups is 1. The van der Waals surface area contributed by atoms with Gasteiger partial charge in [0.15, 0.2) is 0 Å². The van der Waals surface area contributed by atoms with E-state index in [9.17, 15) is 23.4 Å². The monoisotopic (exact) mass is 462 g/mol. The van der Waals surface area contributed by atoms with Gasteiger partial charge in [-0.1, -0.05) is 12.1 Å². The molecule has 1 aliphatic heterocycles. The van der Waals surface area contributed by atoms with Crippen LogP contribution in [0.5, 0.6) is 5.75 Å². The lowest BCUT2D eigenvalue weighted by Gasteiger charge is -2.26. The number of pyridine rings is 1. The Kier molecular flexibility index (Phi) is 7.91. The summed E-state index contributed by atoms with van der Waals surface area (Å²) in [6.45, 7) is 2.73. The van der Waals surface area contributed by atoms with Crippen LogP contribution in [0.1, 0.15) is 28.8 Å². The summed E-state index contributed by atoms with van der Waals surface area (Å²) >= 11 is 0. The normalized spacial score (nSPS) is 15.2. The van der Waals surface area contributed by atoms with Crippen LogP contribution in [0.2, 0.25) is 0 Å². The van der Waals surface area contributed by atoms with Crippen LogP contribution in [0.15, 0.2) is 40.5 Å². The fourth-order valence-corrected chi connectivity index (χ4v) is 4.58. The number of hydrogen-bond acceptors (Lipinski definition) is 8. The second-order valence-electron chi connectivity index (χ2n) is 7.24. The minimum absolute atomic E-state index is 0.110. The van der Waals surface area contributed by atoms with Gasteiger partial charge in [0.1, 0.15) is 5.75 Å². The maximum absolute atomic E-state index is 12.6. The largest absolute Gasteiger partial charge is 0.505 e. The predicted molar refractivity (Wildman–Crippen MR) is 117 cm³/mol. The van der Waals surface area contributed by atoms with Gasteiger partial charge >= 0.3 is 0 Å². The first-order valence-electron chi connectivity index (χ1n) is 10.1. The highest BCUT2D eigenvalue weighted by atomic mass is 32.2. The molecule has 0 radical (unpaired) electrons. The number of amides is 1. The molecule has 1 fully saturated rings. The summed E-state index contributed by atoms with van der Waals surface area (Å²) in [5.41, 5.74) is 4.26. The maximum Gasteiger partial charge on any atom is 0.243 e. The van der Waals surface area contributed by atoms with Gasteiger partial charge in [0.25, 0.3) is 0 Å².